The van der Waals surface area contributed by atoms with E-state index in [4.69, 9.17) is 10.5 Å². The molecule has 0 atom stereocenters. The first kappa shape index (κ1) is 15.8. The van der Waals surface area contributed by atoms with E-state index in [1.54, 1.807) is 6.92 Å². The van der Waals surface area contributed by atoms with E-state index in [0.717, 1.165) is 4.57 Å². The number of ether oxygens (including phenoxy) is 1. The molecule has 2 rings (SSSR count). The van der Waals surface area contributed by atoms with Gasteiger partial charge in [0.1, 0.15) is 0 Å². The summed E-state index contributed by atoms with van der Waals surface area (Å²) in [4.78, 5) is 39.6. The van der Waals surface area contributed by atoms with Crippen molar-refractivity contribution in [3.63, 3.8) is 0 Å². The standard InChI is InChI=1S/C13H19N5O4/c1-4-22-8(19)6-5-7-18-9-10(15-12(18)14)16(2)13(21)17(3)11(9)20/h4-7H2,1-3H3,(H2,14,15). The molecule has 0 aliphatic carbocycles. The van der Waals surface area contributed by atoms with E-state index >= 15 is 0 Å². The van der Waals surface area contributed by atoms with Gasteiger partial charge in [-0.3, -0.25) is 18.7 Å². The minimum atomic E-state index is -0.464. The molecule has 2 aromatic rings. The van der Waals surface area contributed by atoms with Gasteiger partial charge in [-0.05, 0) is 13.3 Å². The molecule has 0 aliphatic rings. The molecule has 2 heterocycles. The molecular formula is C13H19N5O4. The van der Waals surface area contributed by atoms with Crippen LogP contribution in [-0.4, -0.2) is 31.3 Å². The van der Waals surface area contributed by atoms with Crippen molar-refractivity contribution in [1.29, 1.82) is 0 Å². The molecule has 0 fully saturated rings. The molecular weight excluding hydrogens is 290 g/mol. The third-order valence-corrected chi connectivity index (χ3v) is 3.45. The number of esters is 1. The summed E-state index contributed by atoms with van der Waals surface area (Å²) in [5.74, 6) is -0.164. The predicted octanol–water partition coefficient (Wildman–Crippen LogP) is -0.641. The minimum absolute atomic E-state index is 0.136. The van der Waals surface area contributed by atoms with Crippen LogP contribution < -0.4 is 17.0 Å². The van der Waals surface area contributed by atoms with Crippen LogP contribution in [0.25, 0.3) is 11.2 Å². The van der Waals surface area contributed by atoms with Crippen LogP contribution in [0.3, 0.4) is 0 Å². The molecule has 2 aromatic heterocycles. The lowest BCUT2D eigenvalue weighted by Gasteiger charge is -2.07. The summed E-state index contributed by atoms with van der Waals surface area (Å²) < 4.78 is 8.65. The normalized spacial score (nSPS) is 11.0. The van der Waals surface area contributed by atoms with Gasteiger partial charge in [-0.1, -0.05) is 0 Å². The maximum atomic E-state index is 12.3. The van der Waals surface area contributed by atoms with E-state index < -0.39 is 11.2 Å². The molecule has 0 saturated carbocycles. The molecule has 9 nitrogen and oxygen atoms in total. The molecule has 0 spiro atoms. The second kappa shape index (κ2) is 6.04. The Morgan fingerprint density at radius 2 is 1.95 bits per heavy atom. The Balaban J connectivity index is 2.39. The van der Waals surface area contributed by atoms with Gasteiger partial charge < -0.3 is 15.0 Å². The zero-order valence-electron chi connectivity index (χ0n) is 12.8. The third kappa shape index (κ3) is 2.61. The Hall–Kier alpha value is -2.58. The first-order chi connectivity index (χ1) is 10.4. The molecule has 0 amide bonds. The molecule has 9 heteroatoms. The van der Waals surface area contributed by atoms with E-state index in [-0.39, 0.29) is 29.5 Å². The number of nitrogens with two attached hydrogens (primary N) is 1. The number of rotatable bonds is 5. The van der Waals surface area contributed by atoms with E-state index in [9.17, 15) is 14.4 Å². The van der Waals surface area contributed by atoms with Crippen molar-refractivity contribution in [2.24, 2.45) is 14.1 Å². The topological polar surface area (TPSA) is 114 Å². The quantitative estimate of drug-likeness (QED) is 0.735. The maximum Gasteiger partial charge on any atom is 0.332 e. The second-order valence-electron chi connectivity index (χ2n) is 4.91. The van der Waals surface area contributed by atoms with Crippen molar-refractivity contribution in [2.45, 2.75) is 26.3 Å². The van der Waals surface area contributed by atoms with Gasteiger partial charge in [0.15, 0.2) is 11.2 Å². The number of fused-ring (bicyclic) bond motifs is 1. The van der Waals surface area contributed by atoms with Crippen LogP contribution >= 0.6 is 0 Å². The summed E-state index contributed by atoms with van der Waals surface area (Å²) in [5, 5.41) is 0. The Labute approximate surface area is 125 Å². The Bertz CT molecular complexity index is 830. The predicted molar refractivity (Wildman–Crippen MR) is 80.5 cm³/mol. The van der Waals surface area contributed by atoms with Crippen molar-refractivity contribution >= 4 is 23.1 Å². The number of hydrogen-bond acceptors (Lipinski definition) is 6. The zero-order chi connectivity index (χ0) is 16.4. The van der Waals surface area contributed by atoms with Crippen LogP contribution in [0.1, 0.15) is 19.8 Å². The van der Waals surface area contributed by atoms with E-state index in [1.807, 2.05) is 0 Å². The summed E-state index contributed by atoms with van der Waals surface area (Å²) in [6.07, 6.45) is 0.680. The second-order valence-corrected chi connectivity index (χ2v) is 4.91. The van der Waals surface area contributed by atoms with Crippen LogP contribution in [0.4, 0.5) is 5.95 Å². The van der Waals surface area contributed by atoms with Crippen molar-refractivity contribution < 1.29 is 9.53 Å². The first-order valence-electron chi connectivity index (χ1n) is 6.95. The number of anilines is 1. The average Bonchev–Trinajstić information content (AvgIpc) is 2.80. The summed E-state index contributed by atoms with van der Waals surface area (Å²) in [5.41, 5.74) is 5.41. The fraction of sp³-hybridized carbons (Fsp3) is 0.538. The fourth-order valence-corrected chi connectivity index (χ4v) is 2.30. The number of nitrogens with zero attached hydrogens (tertiary/aromatic N) is 4. The Morgan fingerprint density at radius 3 is 2.59 bits per heavy atom. The Morgan fingerprint density at radius 1 is 1.27 bits per heavy atom. The van der Waals surface area contributed by atoms with Gasteiger partial charge in [0.2, 0.25) is 5.95 Å². The van der Waals surface area contributed by atoms with Crippen LogP contribution in [-0.2, 0) is 30.2 Å². The number of carbonyl (C=O) groups excluding carboxylic acids is 1. The number of nitrogen functional groups attached to an aromatic ring is 1. The van der Waals surface area contributed by atoms with Crippen LogP contribution in [0.15, 0.2) is 9.59 Å². The van der Waals surface area contributed by atoms with Gasteiger partial charge in [0, 0.05) is 27.1 Å². The van der Waals surface area contributed by atoms with Gasteiger partial charge in [-0.2, -0.15) is 4.98 Å². The zero-order valence-corrected chi connectivity index (χ0v) is 12.8. The van der Waals surface area contributed by atoms with Gasteiger partial charge in [-0.15, -0.1) is 0 Å². The molecule has 0 aromatic carbocycles. The number of hydrogen-bond donors (Lipinski definition) is 1. The molecule has 0 aliphatic heterocycles. The summed E-state index contributed by atoms with van der Waals surface area (Å²) >= 11 is 0. The molecule has 0 radical (unpaired) electrons. The Kier molecular flexibility index (Phi) is 4.34. The number of carbonyl (C=O) groups is 1. The summed E-state index contributed by atoms with van der Waals surface area (Å²) in [7, 11) is 2.93. The fourth-order valence-electron chi connectivity index (χ4n) is 2.30. The van der Waals surface area contributed by atoms with Crippen LogP contribution in [0.2, 0.25) is 0 Å². The smallest absolute Gasteiger partial charge is 0.332 e. The molecule has 120 valence electrons. The lowest BCUT2D eigenvalue weighted by molar-refractivity contribution is -0.143. The lowest BCUT2D eigenvalue weighted by atomic mass is 10.3. The van der Waals surface area contributed by atoms with Crippen LogP contribution in [0.5, 0.6) is 0 Å². The highest BCUT2D eigenvalue weighted by molar-refractivity contribution is 5.73. The average molecular weight is 309 g/mol. The van der Waals surface area contributed by atoms with E-state index in [2.05, 4.69) is 4.98 Å². The molecule has 22 heavy (non-hydrogen) atoms. The van der Waals surface area contributed by atoms with Gasteiger partial charge in [-0.25, -0.2) is 4.79 Å². The molecule has 0 unspecified atom stereocenters. The molecule has 0 saturated heterocycles. The van der Waals surface area contributed by atoms with E-state index in [1.165, 1.54) is 23.2 Å². The van der Waals surface area contributed by atoms with Gasteiger partial charge in [0.05, 0.1) is 6.61 Å². The maximum absolute atomic E-state index is 12.3. The van der Waals surface area contributed by atoms with Crippen molar-refractivity contribution in [3.05, 3.63) is 20.8 Å². The number of aromatic nitrogens is 4. The summed E-state index contributed by atoms with van der Waals surface area (Å²) in [6.45, 7) is 2.41. The monoisotopic (exact) mass is 309 g/mol. The third-order valence-electron chi connectivity index (χ3n) is 3.45. The van der Waals surface area contributed by atoms with Crippen molar-refractivity contribution in [2.75, 3.05) is 12.3 Å². The lowest BCUT2D eigenvalue weighted by Crippen LogP contribution is -2.37. The van der Waals surface area contributed by atoms with Gasteiger partial charge >= 0.3 is 11.7 Å². The van der Waals surface area contributed by atoms with Crippen molar-refractivity contribution in [3.8, 4) is 0 Å². The molecule has 0 bridgehead atoms. The minimum Gasteiger partial charge on any atom is -0.466 e. The van der Waals surface area contributed by atoms with Crippen molar-refractivity contribution in [1.82, 2.24) is 18.7 Å². The van der Waals surface area contributed by atoms with Crippen LogP contribution in [0, 0.1) is 0 Å². The van der Waals surface area contributed by atoms with E-state index in [0.29, 0.717) is 19.6 Å². The SMILES string of the molecule is CCOC(=O)CCCn1c(N)nc2c1c(=O)n(C)c(=O)n2C. The molecule has 2 N–H and O–H groups in total. The first-order valence-corrected chi connectivity index (χ1v) is 6.95. The number of imidazole rings is 1. The highest BCUT2D eigenvalue weighted by Crippen LogP contribution is 2.13. The van der Waals surface area contributed by atoms with Gasteiger partial charge in [0.25, 0.3) is 5.56 Å². The highest BCUT2D eigenvalue weighted by atomic mass is 16.5. The summed E-state index contributed by atoms with van der Waals surface area (Å²) in [6, 6.07) is 0. The number of aryl methyl sites for hydroxylation is 2. The largest absolute Gasteiger partial charge is 0.466 e. The highest BCUT2D eigenvalue weighted by Gasteiger charge is 2.17.